The molecule has 0 aliphatic rings. The molecular weight excluding hydrogens is 508 g/mol. The lowest BCUT2D eigenvalue weighted by Crippen LogP contribution is -2.35. The zero-order valence-corrected chi connectivity index (χ0v) is 20.4. The lowest BCUT2D eigenvalue weighted by Gasteiger charge is -2.13. The smallest absolute Gasteiger partial charge is 0.332 e. The van der Waals surface area contributed by atoms with E-state index < -0.39 is 33.4 Å². The number of aromatic nitrogens is 1. The lowest BCUT2D eigenvalue weighted by atomic mass is 10.2. The van der Waals surface area contributed by atoms with Crippen LogP contribution in [0.4, 0.5) is 19.3 Å². The third kappa shape index (κ3) is 6.22. The van der Waals surface area contributed by atoms with Gasteiger partial charge < -0.3 is 19.5 Å². The molecule has 4 aromatic rings. The predicted octanol–water partition coefficient (Wildman–Crippen LogP) is 4.97. The molecule has 12 heteroatoms. The Morgan fingerprint density at radius 2 is 1.68 bits per heavy atom. The number of carbonyl (C=O) groups is 1. The van der Waals surface area contributed by atoms with Gasteiger partial charge in [0.1, 0.15) is 11.6 Å². The normalized spacial score (nSPS) is 11.1. The average Bonchev–Trinajstić information content (AvgIpc) is 2.84. The van der Waals surface area contributed by atoms with Crippen LogP contribution in [0.15, 0.2) is 66.9 Å². The fraction of sp³-hybridized carbons (Fsp3) is 0.120. The third-order valence-corrected chi connectivity index (χ3v) is 6.32. The van der Waals surface area contributed by atoms with E-state index in [1.54, 1.807) is 22.9 Å². The van der Waals surface area contributed by atoms with Crippen molar-refractivity contribution in [2.24, 2.45) is 0 Å². The second-order valence-corrected chi connectivity index (χ2v) is 9.45. The van der Waals surface area contributed by atoms with Gasteiger partial charge in [-0.3, -0.25) is 4.98 Å². The number of hydrogen-bond acceptors (Lipinski definition) is 7. The molecule has 192 valence electrons. The number of methoxy groups -OCH3 is 2. The van der Waals surface area contributed by atoms with E-state index in [2.05, 4.69) is 10.3 Å². The minimum absolute atomic E-state index is 0.0192. The number of nitrogens with zero attached hydrogens (tertiary/aromatic N) is 1. The van der Waals surface area contributed by atoms with Crippen LogP contribution in [0, 0.1) is 11.6 Å². The summed E-state index contributed by atoms with van der Waals surface area (Å²) in [5.74, 6) is -0.975. The molecule has 9 nitrogen and oxygen atoms in total. The minimum Gasteiger partial charge on any atom is -0.493 e. The number of benzene rings is 3. The third-order valence-electron chi connectivity index (χ3n) is 5.11. The van der Waals surface area contributed by atoms with Crippen LogP contribution < -0.4 is 24.2 Å². The number of halogens is 2. The molecule has 0 spiro atoms. The topological polar surface area (TPSA) is 116 Å². The van der Waals surface area contributed by atoms with Crippen LogP contribution in [0.25, 0.3) is 10.9 Å². The molecule has 37 heavy (non-hydrogen) atoms. The molecule has 0 radical (unpaired) electrons. The standard InChI is InChI=1S/C25H21F2N3O6S/c1-34-23-12-18-20(13-24(23)35-2)28-9-8-21(18)36-22-7-6-17(11-19(22)27)29-25(31)30-37(32,33)14-15-4-3-5-16(26)10-15/h3-13H,14H2,1-2H3,(H2,29,30,31). The molecule has 0 aliphatic carbocycles. The van der Waals surface area contributed by atoms with Crippen molar-refractivity contribution < 1.29 is 36.2 Å². The molecule has 0 aliphatic heterocycles. The van der Waals surface area contributed by atoms with Crippen molar-refractivity contribution in [3.63, 3.8) is 0 Å². The van der Waals surface area contributed by atoms with Crippen LogP contribution in [0.5, 0.6) is 23.0 Å². The molecular formula is C25H21F2N3O6S. The number of ether oxygens (including phenoxy) is 3. The molecule has 4 rings (SSSR count). The predicted molar refractivity (Wildman–Crippen MR) is 132 cm³/mol. The highest BCUT2D eigenvalue weighted by molar-refractivity contribution is 7.89. The van der Waals surface area contributed by atoms with Gasteiger partial charge in [-0.25, -0.2) is 26.7 Å². The molecule has 0 saturated heterocycles. The molecule has 2 N–H and O–H groups in total. The van der Waals surface area contributed by atoms with E-state index in [0.29, 0.717) is 28.2 Å². The van der Waals surface area contributed by atoms with Crippen molar-refractivity contribution in [2.75, 3.05) is 19.5 Å². The summed E-state index contributed by atoms with van der Waals surface area (Å²) in [5, 5.41) is 2.79. The Morgan fingerprint density at radius 3 is 2.38 bits per heavy atom. The summed E-state index contributed by atoms with van der Waals surface area (Å²) in [5.41, 5.74) is 0.673. The van der Waals surface area contributed by atoms with E-state index >= 15 is 0 Å². The zero-order valence-electron chi connectivity index (χ0n) is 19.6. The Kier molecular flexibility index (Phi) is 7.39. The van der Waals surface area contributed by atoms with Gasteiger partial charge in [0.05, 0.1) is 25.5 Å². The first-order chi connectivity index (χ1) is 17.7. The Hall–Kier alpha value is -4.45. The van der Waals surface area contributed by atoms with E-state index in [1.165, 1.54) is 50.7 Å². The highest BCUT2D eigenvalue weighted by Crippen LogP contribution is 2.37. The molecule has 0 atom stereocenters. The van der Waals surface area contributed by atoms with E-state index in [9.17, 15) is 22.0 Å². The molecule has 2 amide bonds. The summed E-state index contributed by atoms with van der Waals surface area (Å²) in [4.78, 5) is 16.4. The van der Waals surface area contributed by atoms with Crippen LogP contribution >= 0.6 is 0 Å². The number of nitrogens with one attached hydrogen (secondary N) is 2. The average molecular weight is 530 g/mol. The highest BCUT2D eigenvalue weighted by Gasteiger charge is 2.17. The first-order valence-corrected chi connectivity index (χ1v) is 12.4. The quantitative estimate of drug-likeness (QED) is 0.331. The van der Waals surface area contributed by atoms with Crippen molar-refractivity contribution in [3.8, 4) is 23.0 Å². The summed E-state index contributed by atoms with van der Waals surface area (Å²) in [6.07, 6.45) is 1.49. The van der Waals surface area contributed by atoms with E-state index in [4.69, 9.17) is 14.2 Å². The number of sulfonamides is 1. The van der Waals surface area contributed by atoms with Crippen molar-refractivity contribution in [2.45, 2.75) is 5.75 Å². The maximum Gasteiger partial charge on any atom is 0.332 e. The van der Waals surface area contributed by atoms with Crippen LogP contribution in [-0.2, 0) is 15.8 Å². The van der Waals surface area contributed by atoms with E-state index in [0.717, 1.165) is 12.1 Å². The highest BCUT2D eigenvalue weighted by atomic mass is 32.2. The van der Waals surface area contributed by atoms with Crippen molar-refractivity contribution in [1.29, 1.82) is 0 Å². The van der Waals surface area contributed by atoms with Gasteiger partial charge in [0.25, 0.3) is 0 Å². The Balaban J connectivity index is 1.47. The molecule has 0 fully saturated rings. The summed E-state index contributed by atoms with van der Waals surface area (Å²) >= 11 is 0. The zero-order chi connectivity index (χ0) is 26.6. The number of hydrogen-bond donors (Lipinski definition) is 2. The van der Waals surface area contributed by atoms with Crippen LogP contribution in [0.2, 0.25) is 0 Å². The second kappa shape index (κ2) is 10.7. The number of rotatable bonds is 8. The monoisotopic (exact) mass is 529 g/mol. The number of carbonyl (C=O) groups excluding carboxylic acids is 1. The Labute approximate surface area is 211 Å². The molecule has 3 aromatic carbocycles. The number of anilines is 1. The van der Waals surface area contributed by atoms with Gasteiger partial charge in [-0.1, -0.05) is 12.1 Å². The van der Waals surface area contributed by atoms with Crippen LogP contribution in [0.3, 0.4) is 0 Å². The molecule has 1 heterocycles. The summed E-state index contributed by atoms with van der Waals surface area (Å²) < 4.78 is 70.7. The maximum absolute atomic E-state index is 14.8. The van der Waals surface area contributed by atoms with Gasteiger partial charge in [0, 0.05) is 29.4 Å². The van der Waals surface area contributed by atoms with Gasteiger partial charge in [-0.15, -0.1) is 0 Å². The lowest BCUT2D eigenvalue weighted by molar-refractivity contribution is 0.256. The molecule has 0 bridgehead atoms. The van der Waals surface area contributed by atoms with Crippen LogP contribution in [-0.4, -0.2) is 33.7 Å². The maximum atomic E-state index is 14.8. The number of amides is 2. The Bertz CT molecular complexity index is 1580. The number of fused-ring (bicyclic) bond motifs is 1. The van der Waals surface area contributed by atoms with E-state index in [1.807, 2.05) is 0 Å². The molecule has 0 unspecified atom stereocenters. The minimum atomic E-state index is -4.13. The molecule has 0 saturated carbocycles. The number of urea groups is 1. The summed E-state index contributed by atoms with van der Waals surface area (Å²) in [7, 11) is -1.16. The second-order valence-electron chi connectivity index (χ2n) is 7.73. The fourth-order valence-electron chi connectivity index (χ4n) is 3.50. The van der Waals surface area contributed by atoms with E-state index in [-0.39, 0.29) is 17.0 Å². The number of pyridine rings is 1. The van der Waals surface area contributed by atoms with Gasteiger partial charge in [0.2, 0.25) is 10.0 Å². The fourth-order valence-corrected chi connectivity index (χ4v) is 4.52. The first kappa shape index (κ1) is 25.6. The van der Waals surface area contributed by atoms with Gasteiger partial charge in [-0.2, -0.15) is 0 Å². The Morgan fingerprint density at radius 1 is 0.919 bits per heavy atom. The molecule has 1 aromatic heterocycles. The first-order valence-electron chi connectivity index (χ1n) is 10.7. The van der Waals surface area contributed by atoms with Crippen LogP contribution in [0.1, 0.15) is 5.56 Å². The van der Waals surface area contributed by atoms with Crippen molar-refractivity contribution in [3.05, 3.63) is 84.1 Å². The summed E-state index contributed by atoms with van der Waals surface area (Å²) in [6, 6.07) is 12.3. The van der Waals surface area contributed by atoms with Gasteiger partial charge in [-0.05, 0) is 42.0 Å². The summed E-state index contributed by atoms with van der Waals surface area (Å²) in [6.45, 7) is 0. The largest absolute Gasteiger partial charge is 0.493 e. The van der Waals surface area contributed by atoms with Gasteiger partial charge in [0.15, 0.2) is 23.1 Å². The van der Waals surface area contributed by atoms with Crippen molar-refractivity contribution in [1.82, 2.24) is 9.71 Å². The van der Waals surface area contributed by atoms with Crippen molar-refractivity contribution >= 4 is 32.6 Å². The van der Waals surface area contributed by atoms with Gasteiger partial charge >= 0.3 is 6.03 Å². The SMILES string of the molecule is COc1cc2nccc(Oc3ccc(NC(=O)NS(=O)(=O)Cc4cccc(F)c4)cc3F)c2cc1OC.